The van der Waals surface area contributed by atoms with Crippen LogP contribution in [0.2, 0.25) is 0 Å². The summed E-state index contributed by atoms with van der Waals surface area (Å²) in [5.41, 5.74) is 1.17. The van der Waals surface area contributed by atoms with E-state index in [0.717, 1.165) is 25.0 Å². The average molecular weight is 236 g/mol. The fourth-order valence-electron chi connectivity index (χ4n) is 2.46. The number of aliphatic hydroxyl groups excluding tert-OH is 1. The summed E-state index contributed by atoms with van der Waals surface area (Å²) >= 11 is 0. The number of hydrogen-bond donors (Lipinski definition) is 1. The quantitative estimate of drug-likeness (QED) is 0.817. The van der Waals surface area contributed by atoms with Crippen LogP contribution in [0.1, 0.15) is 37.2 Å². The molecule has 17 heavy (non-hydrogen) atoms. The van der Waals surface area contributed by atoms with E-state index in [-0.39, 0.29) is 18.8 Å². The van der Waals surface area contributed by atoms with Crippen LogP contribution in [0.15, 0.2) is 24.3 Å². The van der Waals surface area contributed by atoms with Gasteiger partial charge in [-0.2, -0.15) is 0 Å². The lowest BCUT2D eigenvalue weighted by molar-refractivity contribution is 0.0509. The minimum absolute atomic E-state index is 0.207. The van der Waals surface area contributed by atoms with Gasteiger partial charge in [0.1, 0.15) is 5.75 Å². The van der Waals surface area contributed by atoms with Crippen molar-refractivity contribution in [1.29, 1.82) is 0 Å². The third-order valence-electron chi connectivity index (χ3n) is 3.36. The van der Waals surface area contributed by atoms with Crippen LogP contribution in [0.3, 0.4) is 0 Å². The monoisotopic (exact) mass is 236 g/mol. The van der Waals surface area contributed by atoms with E-state index in [1.807, 2.05) is 18.2 Å². The molecule has 1 N–H and O–H groups in total. The Morgan fingerprint density at radius 1 is 1.29 bits per heavy atom. The molecule has 0 spiro atoms. The first-order valence-corrected chi connectivity index (χ1v) is 6.21. The Morgan fingerprint density at radius 3 is 2.88 bits per heavy atom. The first-order valence-electron chi connectivity index (χ1n) is 6.21. The molecule has 0 aromatic heterocycles. The standard InChI is InChI=1S/C14H20O3/c1-16-10-17-12-6-4-5-11(9-12)13-7-2-3-8-14(13)15/h4-6,9,13-15H,2-3,7-8,10H2,1H3. The van der Waals surface area contributed by atoms with E-state index in [0.29, 0.717) is 0 Å². The first kappa shape index (κ1) is 12.4. The van der Waals surface area contributed by atoms with E-state index in [1.165, 1.54) is 12.0 Å². The van der Waals surface area contributed by atoms with Crippen molar-refractivity contribution in [2.75, 3.05) is 13.9 Å². The zero-order valence-corrected chi connectivity index (χ0v) is 10.3. The Morgan fingerprint density at radius 2 is 2.12 bits per heavy atom. The molecule has 1 aliphatic rings. The lowest BCUT2D eigenvalue weighted by Gasteiger charge is -2.28. The molecule has 3 nitrogen and oxygen atoms in total. The molecule has 0 saturated heterocycles. The summed E-state index contributed by atoms with van der Waals surface area (Å²) in [6.07, 6.45) is 4.10. The van der Waals surface area contributed by atoms with Crippen molar-refractivity contribution in [1.82, 2.24) is 0 Å². The maximum atomic E-state index is 10.0. The van der Waals surface area contributed by atoms with Gasteiger partial charge in [0, 0.05) is 13.0 Å². The molecule has 2 rings (SSSR count). The molecule has 0 amide bonds. The molecule has 2 unspecified atom stereocenters. The second kappa shape index (κ2) is 6.03. The molecular formula is C14H20O3. The minimum atomic E-state index is -0.207. The van der Waals surface area contributed by atoms with Crippen molar-refractivity contribution in [3.63, 3.8) is 0 Å². The van der Waals surface area contributed by atoms with Crippen LogP contribution in [0, 0.1) is 0 Å². The van der Waals surface area contributed by atoms with Crippen molar-refractivity contribution in [2.45, 2.75) is 37.7 Å². The number of ether oxygens (including phenoxy) is 2. The van der Waals surface area contributed by atoms with Crippen LogP contribution in [0.5, 0.6) is 5.75 Å². The zero-order valence-electron chi connectivity index (χ0n) is 10.3. The third-order valence-corrected chi connectivity index (χ3v) is 3.36. The summed E-state index contributed by atoms with van der Waals surface area (Å²) in [7, 11) is 1.61. The summed E-state index contributed by atoms with van der Waals surface area (Å²) in [6.45, 7) is 0.261. The van der Waals surface area contributed by atoms with Crippen LogP contribution >= 0.6 is 0 Å². The molecule has 1 aromatic carbocycles. The van der Waals surface area contributed by atoms with Gasteiger partial charge in [0.15, 0.2) is 6.79 Å². The zero-order chi connectivity index (χ0) is 12.1. The summed E-state index contributed by atoms with van der Waals surface area (Å²) in [5, 5.41) is 10.0. The smallest absolute Gasteiger partial charge is 0.188 e. The Balaban J connectivity index is 2.08. The van der Waals surface area contributed by atoms with Crippen molar-refractivity contribution >= 4 is 0 Å². The molecule has 94 valence electrons. The van der Waals surface area contributed by atoms with Crippen molar-refractivity contribution in [3.05, 3.63) is 29.8 Å². The van der Waals surface area contributed by atoms with Crippen LogP contribution in [-0.4, -0.2) is 25.1 Å². The molecule has 3 heteroatoms. The fourth-order valence-corrected chi connectivity index (χ4v) is 2.46. The molecule has 1 aromatic rings. The second-order valence-corrected chi connectivity index (χ2v) is 4.58. The van der Waals surface area contributed by atoms with E-state index >= 15 is 0 Å². The van der Waals surface area contributed by atoms with Crippen molar-refractivity contribution in [2.24, 2.45) is 0 Å². The molecule has 0 heterocycles. The van der Waals surface area contributed by atoms with Crippen molar-refractivity contribution < 1.29 is 14.6 Å². The highest BCUT2D eigenvalue weighted by molar-refractivity contribution is 5.31. The van der Waals surface area contributed by atoms with Gasteiger partial charge in [0.2, 0.25) is 0 Å². The third kappa shape index (κ3) is 3.20. The summed E-state index contributed by atoms with van der Waals surface area (Å²) in [6, 6.07) is 7.97. The van der Waals surface area contributed by atoms with Gasteiger partial charge in [0.05, 0.1) is 6.10 Å². The second-order valence-electron chi connectivity index (χ2n) is 4.58. The van der Waals surface area contributed by atoms with Gasteiger partial charge in [-0.25, -0.2) is 0 Å². The largest absolute Gasteiger partial charge is 0.468 e. The van der Waals surface area contributed by atoms with Gasteiger partial charge in [-0.05, 0) is 30.5 Å². The van der Waals surface area contributed by atoms with Crippen LogP contribution < -0.4 is 4.74 Å². The summed E-state index contributed by atoms with van der Waals surface area (Å²) in [5.74, 6) is 1.07. The van der Waals surface area contributed by atoms with E-state index in [4.69, 9.17) is 9.47 Å². The Kier molecular flexibility index (Phi) is 4.40. The Hall–Kier alpha value is -1.06. The average Bonchev–Trinajstić information content (AvgIpc) is 2.37. The number of rotatable bonds is 4. The van der Waals surface area contributed by atoms with Gasteiger partial charge in [-0.1, -0.05) is 25.0 Å². The van der Waals surface area contributed by atoms with Gasteiger partial charge in [-0.15, -0.1) is 0 Å². The number of benzene rings is 1. The van der Waals surface area contributed by atoms with Gasteiger partial charge < -0.3 is 14.6 Å². The molecular weight excluding hydrogens is 216 g/mol. The Bertz CT molecular complexity index is 351. The topological polar surface area (TPSA) is 38.7 Å². The van der Waals surface area contributed by atoms with E-state index in [2.05, 4.69) is 6.07 Å². The van der Waals surface area contributed by atoms with Crippen LogP contribution in [0.25, 0.3) is 0 Å². The van der Waals surface area contributed by atoms with E-state index in [1.54, 1.807) is 7.11 Å². The predicted octanol–water partition coefficient (Wildman–Crippen LogP) is 2.69. The van der Waals surface area contributed by atoms with E-state index in [9.17, 15) is 5.11 Å². The molecule has 0 aliphatic heterocycles. The number of hydrogen-bond acceptors (Lipinski definition) is 3. The SMILES string of the molecule is COCOc1cccc(C2CCCCC2O)c1. The predicted molar refractivity (Wildman–Crippen MR) is 66.2 cm³/mol. The molecule has 2 atom stereocenters. The fraction of sp³-hybridized carbons (Fsp3) is 0.571. The molecule has 0 bridgehead atoms. The van der Waals surface area contributed by atoms with Crippen molar-refractivity contribution in [3.8, 4) is 5.75 Å². The minimum Gasteiger partial charge on any atom is -0.468 e. The molecule has 1 aliphatic carbocycles. The lowest BCUT2D eigenvalue weighted by Crippen LogP contribution is -2.22. The summed E-state index contributed by atoms with van der Waals surface area (Å²) in [4.78, 5) is 0. The first-order chi connectivity index (χ1) is 8.31. The highest BCUT2D eigenvalue weighted by atomic mass is 16.7. The van der Waals surface area contributed by atoms with Gasteiger partial charge in [0.25, 0.3) is 0 Å². The molecule has 1 fully saturated rings. The normalized spacial score (nSPS) is 24.6. The molecule has 1 saturated carbocycles. The number of aliphatic hydroxyl groups is 1. The summed E-state index contributed by atoms with van der Waals surface area (Å²) < 4.78 is 10.3. The highest BCUT2D eigenvalue weighted by Gasteiger charge is 2.24. The maximum absolute atomic E-state index is 10.0. The van der Waals surface area contributed by atoms with Crippen LogP contribution in [0.4, 0.5) is 0 Å². The lowest BCUT2D eigenvalue weighted by atomic mass is 9.82. The maximum Gasteiger partial charge on any atom is 0.188 e. The van der Waals surface area contributed by atoms with Crippen LogP contribution in [-0.2, 0) is 4.74 Å². The van der Waals surface area contributed by atoms with Gasteiger partial charge >= 0.3 is 0 Å². The Labute approximate surface area is 102 Å². The van der Waals surface area contributed by atoms with Gasteiger partial charge in [-0.3, -0.25) is 0 Å². The number of methoxy groups -OCH3 is 1. The van der Waals surface area contributed by atoms with E-state index < -0.39 is 0 Å². The molecule has 0 radical (unpaired) electrons. The highest BCUT2D eigenvalue weighted by Crippen LogP contribution is 2.34.